The van der Waals surface area contributed by atoms with Crippen LogP contribution in [0.4, 0.5) is 0 Å². The van der Waals surface area contributed by atoms with Crippen molar-refractivity contribution in [1.29, 1.82) is 0 Å². The minimum atomic E-state index is -0.449. The highest BCUT2D eigenvalue weighted by atomic mass is 35.5. The Morgan fingerprint density at radius 3 is 2.62 bits per heavy atom. The first kappa shape index (κ1) is 17.9. The molecule has 0 saturated heterocycles. The lowest BCUT2D eigenvalue weighted by atomic mass is 10.0. The highest BCUT2D eigenvalue weighted by Gasteiger charge is 2.17. The van der Waals surface area contributed by atoms with Crippen molar-refractivity contribution in [2.24, 2.45) is 0 Å². The lowest BCUT2D eigenvalue weighted by molar-refractivity contribution is -0.143. The Morgan fingerprint density at radius 1 is 1.21 bits per heavy atom. The van der Waals surface area contributed by atoms with E-state index in [4.69, 9.17) is 16.3 Å². The molecule has 2 rings (SSSR count). The van der Waals surface area contributed by atoms with Gasteiger partial charge in [0.15, 0.2) is 5.78 Å². The zero-order chi connectivity index (χ0) is 17.7. The highest BCUT2D eigenvalue weighted by molar-refractivity contribution is 6.30. The Balaban J connectivity index is 2.25. The number of ketones is 1. The van der Waals surface area contributed by atoms with E-state index < -0.39 is 11.8 Å². The Hall–Kier alpha value is -2.40. The summed E-state index contributed by atoms with van der Waals surface area (Å²) in [6.45, 7) is 3.85. The van der Waals surface area contributed by atoms with E-state index in [0.29, 0.717) is 10.7 Å². The van der Waals surface area contributed by atoms with Crippen molar-refractivity contribution in [3.05, 3.63) is 46.6 Å². The molecule has 0 aliphatic heterocycles. The number of aromatic nitrogens is 1. The van der Waals surface area contributed by atoms with E-state index in [0.717, 1.165) is 11.1 Å². The van der Waals surface area contributed by atoms with Crippen LogP contribution in [0.15, 0.2) is 30.3 Å². The summed E-state index contributed by atoms with van der Waals surface area (Å²) in [4.78, 5) is 27.9. The molecule has 1 aromatic carbocycles. The van der Waals surface area contributed by atoms with Crippen LogP contribution in [0.5, 0.6) is 5.75 Å². The van der Waals surface area contributed by atoms with Crippen molar-refractivity contribution in [2.75, 3.05) is 6.61 Å². The van der Waals surface area contributed by atoms with Gasteiger partial charge in [0, 0.05) is 17.0 Å². The number of halogens is 1. The number of carbonyl (C=O) groups excluding carboxylic acids is 2. The first-order valence-corrected chi connectivity index (χ1v) is 7.95. The first-order valence-electron chi connectivity index (χ1n) is 7.57. The molecule has 0 aliphatic rings. The largest absolute Gasteiger partial charge is 0.506 e. The Bertz CT molecular complexity index is 774. The lowest BCUT2D eigenvalue weighted by Gasteiger charge is -2.09. The van der Waals surface area contributed by atoms with Gasteiger partial charge in [-0.15, -0.1) is 0 Å². The molecular formula is C18H18ClNO4. The van der Waals surface area contributed by atoms with Crippen LogP contribution >= 0.6 is 11.6 Å². The number of ether oxygens (including phenoxy) is 1. The number of rotatable bonds is 6. The number of carbonyl (C=O) groups is 2. The summed E-state index contributed by atoms with van der Waals surface area (Å²) in [7, 11) is 0. The SMILES string of the molecule is CCOC(=O)CCC(=O)c1nc(-c2ccc(Cl)cc2C)ccc1O. The number of hydrogen-bond acceptors (Lipinski definition) is 5. The van der Waals surface area contributed by atoms with Gasteiger partial charge in [-0.2, -0.15) is 0 Å². The van der Waals surface area contributed by atoms with Crippen LogP contribution in [0.1, 0.15) is 35.8 Å². The van der Waals surface area contributed by atoms with Gasteiger partial charge in [-0.05, 0) is 43.7 Å². The van der Waals surface area contributed by atoms with Crippen LogP contribution in [0.25, 0.3) is 11.3 Å². The van der Waals surface area contributed by atoms with Gasteiger partial charge in [0.05, 0.1) is 18.7 Å². The summed E-state index contributed by atoms with van der Waals surface area (Å²) in [5, 5.41) is 10.5. The molecule has 0 unspecified atom stereocenters. The summed E-state index contributed by atoms with van der Waals surface area (Å²) in [5.74, 6) is -1.07. The van der Waals surface area contributed by atoms with E-state index in [1.54, 1.807) is 25.1 Å². The molecule has 0 bridgehead atoms. The van der Waals surface area contributed by atoms with Crippen LogP contribution < -0.4 is 0 Å². The molecule has 24 heavy (non-hydrogen) atoms. The van der Waals surface area contributed by atoms with Crippen molar-refractivity contribution < 1.29 is 19.4 Å². The van der Waals surface area contributed by atoms with Gasteiger partial charge in [0.25, 0.3) is 0 Å². The fourth-order valence-electron chi connectivity index (χ4n) is 2.29. The van der Waals surface area contributed by atoms with Gasteiger partial charge in [-0.1, -0.05) is 17.7 Å². The van der Waals surface area contributed by atoms with Crippen LogP contribution in [-0.4, -0.2) is 28.4 Å². The minimum absolute atomic E-state index is 0.0437. The molecule has 0 saturated carbocycles. The second-order valence-corrected chi connectivity index (χ2v) is 5.69. The smallest absolute Gasteiger partial charge is 0.306 e. The number of benzene rings is 1. The molecule has 0 aliphatic carbocycles. The molecule has 0 amide bonds. The van der Waals surface area contributed by atoms with Crippen LogP contribution in [0.3, 0.4) is 0 Å². The fourth-order valence-corrected chi connectivity index (χ4v) is 2.52. The van der Waals surface area contributed by atoms with E-state index in [9.17, 15) is 14.7 Å². The highest BCUT2D eigenvalue weighted by Crippen LogP contribution is 2.27. The summed E-state index contributed by atoms with van der Waals surface area (Å²) in [6.07, 6.45) is -0.111. The van der Waals surface area contributed by atoms with Crippen LogP contribution in [0.2, 0.25) is 5.02 Å². The average Bonchev–Trinajstić information content (AvgIpc) is 2.54. The fraction of sp³-hybridized carbons (Fsp3) is 0.278. The Morgan fingerprint density at radius 2 is 1.96 bits per heavy atom. The molecule has 1 N–H and O–H groups in total. The summed E-state index contributed by atoms with van der Waals surface area (Å²) < 4.78 is 4.79. The molecule has 1 aromatic heterocycles. The van der Waals surface area contributed by atoms with Gasteiger partial charge in [0.2, 0.25) is 0 Å². The van der Waals surface area contributed by atoms with Gasteiger partial charge >= 0.3 is 5.97 Å². The quantitative estimate of drug-likeness (QED) is 0.632. The number of pyridine rings is 1. The van der Waals surface area contributed by atoms with Crippen LogP contribution in [0, 0.1) is 6.92 Å². The number of nitrogens with zero attached hydrogens (tertiary/aromatic N) is 1. The number of esters is 1. The predicted molar refractivity (Wildman–Crippen MR) is 91.3 cm³/mol. The Kier molecular flexibility index (Phi) is 5.93. The van der Waals surface area contributed by atoms with Crippen molar-refractivity contribution >= 4 is 23.4 Å². The maximum absolute atomic E-state index is 12.2. The van der Waals surface area contributed by atoms with Gasteiger partial charge in [-0.25, -0.2) is 4.98 Å². The summed E-state index contributed by atoms with van der Waals surface area (Å²) >= 11 is 5.95. The van der Waals surface area contributed by atoms with Gasteiger partial charge in [0.1, 0.15) is 11.4 Å². The molecule has 6 heteroatoms. The predicted octanol–water partition coefficient (Wildman–Crippen LogP) is 3.94. The number of aromatic hydroxyl groups is 1. The molecule has 0 radical (unpaired) electrons. The topological polar surface area (TPSA) is 76.5 Å². The van der Waals surface area contributed by atoms with Crippen molar-refractivity contribution in [2.45, 2.75) is 26.7 Å². The minimum Gasteiger partial charge on any atom is -0.506 e. The number of hydrogen-bond donors (Lipinski definition) is 1. The third-order valence-corrected chi connectivity index (χ3v) is 3.70. The van der Waals surface area contributed by atoms with Crippen molar-refractivity contribution in [3.63, 3.8) is 0 Å². The van der Waals surface area contributed by atoms with Gasteiger partial charge in [-0.3, -0.25) is 9.59 Å². The van der Waals surface area contributed by atoms with Crippen molar-refractivity contribution in [3.8, 4) is 17.0 Å². The van der Waals surface area contributed by atoms with Crippen molar-refractivity contribution in [1.82, 2.24) is 4.98 Å². The maximum Gasteiger partial charge on any atom is 0.306 e. The maximum atomic E-state index is 12.2. The zero-order valence-electron chi connectivity index (χ0n) is 13.5. The van der Waals surface area contributed by atoms with E-state index >= 15 is 0 Å². The van der Waals surface area contributed by atoms with E-state index in [2.05, 4.69) is 4.98 Å². The first-order chi connectivity index (χ1) is 11.4. The second-order valence-electron chi connectivity index (χ2n) is 5.25. The van der Waals surface area contributed by atoms with E-state index in [1.165, 1.54) is 6.07 Å². The molecular weight excluding hydrogens is 330 g/mol. The number of Topliss-reactive ketones (excluding diaryl/α,β-unsaturated/α-hetero) is 1. The molecule has 0 spiro atoms. The summed E-state index contributed by atoms with van der Waals surface area (Å²) in [6, 6.07) is 8.40. The van der Waals surface area contributed by atoms with Crippen LogP contribution in [-0.2, 0) is 9.53 Å². The third-order valence-electron chi connectivity index (χ3n) is 3.46. The molecule has 5 nitrogen and oxygen atoms in total. The second kappa shape index (κ2) is 7.93. The third kappa shape index (κ3) is 4.32. The van der Waals surface area contributed by atoms with E-state index in [-0.39, 0.29) is 30.9 Å². The molecule has 0 fully saturated rings. The standard InChI is InChI=1S/C18H18ClNO4/c1-3-24-17(23)9-8-16(22)18-15(21)7-6-14(20-18)13-5-4-12(19)10-11(13)2/h4-7,10,21H,3,8-9H2,1-2H3. The molecule has 126 valence electrons. The zero-order valence-corrected chi connectivity index (χ0v) is 14.3. The lowest BCUT2D eigenvalue weighted by Crippen LogP contribution is -2.09. The van der Waals surface area contributed by atoms with Gasteiger partial charge < -0.3 is 9.84 Å². The molecule has 0 atom stereocenters. The normalized spacial score (nSPS) is 10.5. The molecule has 1 heterocycles. The summed E-state index contributed by atoms with van der Waals surface area (Å²) in [5.41, 5.74) is 2.23. The molecule has 2 aromatic rings. The van der Waals surface area contributed by atoms with E-state index in [1.807, 2.05) is 13.0 Å². The number of aryl methyl sites for hydroxylation is 1. The Labute approximate surface area is 145 Å². The average molecular weight is 348 g/mol. The monoisotopic (exact) mass is 347 g/mol.